The van der Waals surface area contributed by atoms with Crippen molar-refractivity contribution in [1.82, 2.24) is 15.2 Å². The number of amides is 1. The highest BCUT2D eigenvalue weighted by molar-refractivity contribution is 5.99. The number of hydrogen-bond donors (Lipinski definition) is 2. The Morgan fingerprint density at radius 2 is 1.95 bits per heavy atom. The van der Waals surface area contributed by atoms with Crippen LogP contribution in [0.2, 0.25) is 0 Å². The summed E-state index contributed by atoms with van der Waals surface area (Å²) in [6.45, 7) is 1.68. The fourth-order valence-electron chi connectivity index (χ4n) is 4.55. The number of nitrogens with one attached hydrogen (secondary N) is 1. The first-order valence-corrected chi connectivity index (χ1v) is 12.9. The molecule has 1 aliphatic rings. The SMILES string of the molecule is COc1cnc(C2=C(c3ccc(OCCNC/C=C/C(=O)N(C)C)cc3)c3ccc(O)cc3CCC2)cc1F. The lowest BCUT2D eigenvalue weighted by Gasteiger charge is -2.17. The summed E-state index contributed by atoms with van der Waals surface area (Å²) in [5.74, 6) is 0.555. The van der Waals surface area contributed by atoms with Gasteiger partial charge in [-0.15, -0.1) is 0 Å². The molecule has 4 rings (SSSR count). The van der Waals surface area contributed by atoms with Crippen molar-refractivity contribution in [3.8, 4) is 17.2 Å². The molecular weight excluding hydrogens is 497 g/mol. The number of phenolic OH excluding ortho intramolecular Hbond substituents is 1. The van der Waals surface area contributed by atoms with E-state index in [1.807, 2.05) is 30.3 Å². The van der Waals surface area contributed by atoms with Crippen molar-refractivity contribution < 1.29 is 23.8 Å². The van der Waals surface area contributed by atoms with E-state index in [9.17, 15) is 14.3 Å². The monoisotopic (exact) mass is 531 g/mol. The van der Waals surface area contributed by atoms with E-state index in [1.54, 1.807) is 38.4 Å². The molecule has 3 aromatic rings. The summed E-state index contributed by atoms with van der Waals surface area (Å²) in [7, 11) is 4.85. The van der Waals surface area contributed by atoms with Gasteiger partial charge >= 0.3 is 0 Å². The van der Waals surface area contributed by atoms with Crippen LogP contribution >= 0.6 is 0 Å². The molecule has 0 saturated heterocycles. The maximum Gasteiger partial charge on any atom is 0.245 e. The molecular formula is C31H34FN3O4. The van der Waals surface area contributed by atoms with Crippen molar-refractivity contribution in [2.75, 3.05) is 40.9 Å². The summed E-state index contributed by atoms with van der Waals surface area (Å²) in [5.41, 5.74) is 5.47. The van der Waals surface area contributed by atoms with Gasteiger partial charge in [-0.2, -0.15) is 0 Å². The molecule has 204 valence electrons. The number of aryl methyl sites for hydroxylation is 1. The van der Waals surface area contributed by atoms with Crippen LogP contribution in [0, 0.1) is 5.82 Å². The smallest absolute Gasteiger partial charge is 0.245 e. The zero-order chi connectivity index (χ0) is 27.8. The van der Waals surface area contributed by atoms with E-state index >= 15 is 0 Å². The number of methoxy groups -OCH3 is 1. The molecule has 8 heteroatoms. The van der Waals surface area contributed by atoms with E-state index < -0.39 is 5.82 Å². The summed E-state index contributed by atoms with van der Waals surface area (Å²) in [5, 5.41) is 13.3. The standard InChI is InChI=1S/C31H34FN3O4/c1-35(2)30(37)8-5-15-33-16-17-39-24-12-9-21(10-13-24)31-25-14-11-23(36)18-22(25)6-4-7-26(31)28-19-27(32)29(38-3)20-34-28/h5,8-14,18-20,33,36H,4,6-7,15-17H2,1-3H3/b8-5+. The number of hydrogen-bond acceptors (Lipinski definition) is 6. The Morgan fingerprint density at radius 3 is 2.67 bits per heavy atom. The van der Waals surface area contributed by atoms with Gasteiger partial charge in [0.25, 0.3) is 0 Å². The summed E-state index contributed by atoms with van der Waals surface area (Å²) in [4.78, 5) is 17.6. The number of halogens is 1. The number of fused-ring (bicyclic) bond motifs is 1. The van der Waals surface area contributed by atoms with E-state index in [-0.39, 0.29) is 17.4 Å². The van der Waals surface area contributed by atoms with Gasteiger partial charge in [0.15, 0.2) is 11.6 Å². The number of aromatic nitrogens is 1. The minimum absolute atomic E-state index is 0.0487. The molecule has 0 aliphatic heterocycles. The van der Waals surface area contributed by atoms with Crippen molar-refractivity contribution in [3.05, 3.63) is 95.1 Å². The zero-order valence-electron chi connectivity index (χ0n) is 22.5. The number of pyridine rings is 1. The van der Waals surface area contributed by atoms with Gasteiger partial charge in [-0.25, -0.2) is 4.39 Å². The van der Waals surface area contributed by atoms with E-state index in [0.717, 1.165) is 46.4 Å². The van der Waals surface area contributed by atoms with Crippen molar-refractivity contribution >= 4 is 17.1 Å². The molecule has 39 heavy (non-hydrogen) atoms. The quantitative estimate of drug-likeness (QED) is 0.288. The van der Waals surface area contributed by atoms with Crippen LogP contribution in [-0.4, -0.2) is 61.8 Å². The molecule has 0 atom stereocenters. The lowest BCUT2D eigenvalue weighted by atomic mass is 9.89. The molecule has 1 aromatic heterocycles. The highest BCUT2D eigenvalue weighted by atomic mass is 19.1. The first-order chi connectivity index (χ1) is 18.9. The molecule has 0 saturated carbocycles. The normalized spacial score (nSPS) is 13.2. The number of phenols is 1. The van der Waals surface area contributed by atoms with Gasteiger partial charge in [0.05, 0.1) is 19.0 Å². The van der Waals surface area contributed by atoms with E-state index in [2.05, 4.69) is 10.3 Å². The summed E-state index contributed by atoms with van der Waals surface area (Å²) in [6, 6.07) is 14.7. The molecule has 1 amide bonds. The Balaban J connectivity index is 1.54. The largest absolute Gasteiger partial charge is 0.508 e. The van der Waals surface area contributed by atoms with E-state index in [1.165, 1.54) is 24.3 Å². The summed E-state index contributed by atoms with van der Waals surface area (Å²) < 4.78 is 25.6. The number of carbonyl (C=O) groups excluding carboxylic acids is 1. The average molecular weight is 532 g/mol. The molecule has 7 nitrogen and oxygen atoms in total. The molecule has 0 unspecified atom stereocenters. The van der Waals surface area contributed by atoms with Gasteiger partial charge in [-0.05, 0) is 71.4 Å². The Bertz CT molecular complexity index is 1370. The number of allylic oxidation sites excluding steroid dienone is 1. The number of ether oxygens (including phenoxy) is 2. The van der Waals surface area contributed by atoms with Gasteiger partial charge in [0.2, 0.25) is 5.91 Å². The molecule has 0 bridgehead atoms. The second-order valence-electron chi connectivity index (χ2n) is 9.46. The molecule has 2 N–H and O–H groups in total. The second-order valence-corrected chi connectivity index (χ2v) is 9.46. The van der Waals surface area contributed by atoms with Gasteiger partial charge in [-0.1, -0.05) is 24.3 Å². The fraction of sp³-hybridized carbons (Fsp3) is 0.290. The fourth-order valence-corrected chi connectivity index (χ4v) is 4.55. The number of rotatable bonds is 10. The average Bonchev–Trinajstić information content (AvgIpc) is 3.11. The Kier molecular flexibility index (Phi) is 9.33. The van der Waals surface area contributed by atoms with Crippen molar-refractivity contribution in [2.45, 2.75) is 19.3 Å². The predicted octanol–water partition coefficient (Wildman–Crippen LogP) is 4.84. The van der Waals surface area contributed by atoms with Crippen molar-refractivity contribution in [1.29, 1.82) is 0 Å². The third-order valence-electron chi connectivity index (χ3n) is 6.54. The van der Waals surface area contributed by atoms with Gasteiger partial charge in [0, 0.05) is 39.3 Å². The van der Waals surface area contributed by atoms with Gasteiger partial charge in [0.1, 0.15) is 18.1 Å². The first kappa shape index (κ1) is 27.9. The molecule has 1 aliphatic carbocycles. The number of likely N-dealkylation sites (N-methyl/N-ethyl adjacent to an activating group) is 1. The minimum Gasteiger partial charge on any atom is -0.508 e. The molecule has 2 aromatic carbocycles. The highest BCUT2D eigenvalue weighted by Crippen LogP contribution is 2.41. The van der Waals surface area contributed by atoms with Crippen molar-refractivity contribution in [3.63, 3.8) is 0 Å². The van der Waals surface area contributed by atoms with Crippen LogP contribution in [0.5, 0.6) is 17.2 Å². The van der Waals surface area contributed by atoms with Crippen LogP contribution in [0.25, 0.3) is 11.1 Å². The maximum absolute atomic E-state index is 14.7. The zero-order valence-corrected chi connectivity index (χ0v) is 22.5. The number of aromatic hydroxyl groups is 1. The highest BCUT2D eigenvalue weighted by Gasteiger charge is 2.22. The van der Waals surface area contributed by atoms with Crippen LogP contribution in [0.1, 0.15) is 35.2 Å². The van der Waals surface area contributed by atoms with Gasteiger partial charge < -0.3 is 24.8 Å². The van der Waals surface area contributed by atoms with E-state index in [4.69, 9.17) is 9.47 Å². The Labute approximate surface area is 228 Å². The van der Waals surface area contributed by atoms with Gasteiger partial charge in [-0.3, -0.25) is 9.78 Å². The molecule has 1 heterocycles. The molecule has 0 radical (unpaired) electrons. The Hall–Kier alpha value is -4.17. The van der Waals surface area contributed by atoms with Crippen LogP contribution < -0.4 is 14.8 Å². The Morgan fingerprint density at radius 1 is 1.15 bits per heavy atom. The van der Waals surface area contributed by atoms with Crippen LogP contribution in [0.15, 0.2) is 66.9 Å². The number of nitrogens with zero attached hydrogens (tertiary/aromatic N) is 2. The van der Waals surface area contributed by atoms with Crippen LogP contribution in [-0.2, 0) is 11.2 Å². The lowest BCUT2D eigenvalue weighted by molar-refractivity contribution is -0.123. The lowest BCUT2D eigenvalue weighted by Crippen LogP contribution is -2.22. The number of benzene rings is 2. The summed E-state index contributed by atoms with van der Waals surface area (Å²) >= 11 is 0. The number of carbonyl (C=O) groups is 1. The van der Waals surface area contributed by atoms with Crippen molar-refractivity contribution in [2.24, 2.45) is 0 Å². The molecule has 0 fully saturated rings. The minimum atomic E-state index is -0.457. The van der Waals surface area contributed by atoms with Crippen LogP contribution in [0.4, 0.5) is 4.39 Å². The van der Waals surface area contributed by atoms with Crippen LogP contribution in [0.3, 0.4) is 0 Å². The second kappa shape index (κ2) is 13.1. The molecule has 0 spiro atoms. The topological polar surface area (TPSA) is 83.9 Å². The third-order valence-corrected chi connectivity index (χ3v) is 6.54. The van der Waals surface area contributed by atoms with E-state index in [0.29, 0.717) is 31.8 Å². The maximum atomic E-state index is 14.7. The third kappa shape index (κ3) is 7.03. The first-order valence-electron chi connectivity index (χ1n) is 12.9. The predicted molar refractivity (Wildman–Crippen MR) is 150 cm³/mol. The summed E-state index contributed by atoms with van der Waals surface area (Å²) in [6.07, 6.45) is 7.09.